The number of H-pyrrole nitrogens is 1. The van der Waals surface area contributed by atoms with E-state index in [-0.39, 0.29) is 37.1 Å². The Labute approximate surface area is 215 Å². The lowest BCUT2D eigenvalue weighted by molar-refractivity contribution is -0.149. The minimum absolute atomic E-state index is 0.0159. The summed E-state index contributed by atoms with van der Waals surface area (Å²) in [6.45, 7) is 5.08. The summed E-state index contributed by atoms with van der Waals surface area (Å²) in [5.74, 6) is 1.02. The van der Waals surface area contributed by atoms with Crippen LogP contribution >= 0.6 is 41.6 Å². The maximum absolute atomic E-state index is 13.6. The minimum Gasteiger partial charge on any atom is -0.462 e. The first-order chi connectivity index (χ1) is 16.6. The van der Waals surface area contributed by atoms with Gasteiger partial charge in [-0.25, -0.2) is 14.6 Å². The molecule has 2 aromatic heterocycles. The lowest BCUT2D eigenvalue weighted by Gasteiger charge is -2.26. The minimum atomic E-state index is -3.83. The summed E-state index contributed by atoms with van der Waals surface area (Å²) in [6.07, 6.45) is 1.68. The summed E-state index contributed by atoms with van der Waals surface area (Å²) in [6, 6.07) is -0.875. The maximum atomic E-state index is 13.6. The summed E-state index contributed by atoms with van der Waals surface area (Å²) in [5, 5.41) is 2.73. The normalized spacial score (nSPS) is 23.7. The molecule has 0 aromatic carbocycles. The zero-order valence-electron chi connectivity index (χ0n) is 19.5. The SMILES string of the molecule is CC(C)OC(=O)[C@H](C)N[P@@](=O)(OC[C@@H]1CC[C@H](n2cnc3c(=S)[nH]c(N)nc32)O1)OC1CSSC1. The van der Waals surface area contributed by atoms with Gasteiger partial charge in [0.25, 0.3) is 0 Å². The fraction of sp³-hybridized carbons (Fsp3) is 0.684. The Morgan fingerprint density at radius 1 is 1.40 bits per heavy atom. The molecule has 0 radical (unpaired) electrons. The van der Waals surface area contributed by atoms with Crippen LogP contribution in [0.25, 0.3) is 11.2 Å². The highest BCUT2D eigenvalue weighted by Gasteiger charge is 2.37. The third kappa shape index (κ3) is 6.77. The van der Waals surface area contributed by atoms with Gasteiger partial charge in [0.15, 0.2) is 5.65 Å². The van der Waals surface area contributed by atoms with Crippen molar-refractivity contribution in [3.05, 3.63) is 11.0 Å². The van der Waals surface area contributed by atoms with Crippen molar-refractivity contribution in [2.75, 3.05) is 23.8 Å². The van der Waals surface area contributed by atoms with Gasteiger partial charge in [0.05, 0.1) is 31.2 Å². The first kappa shape index (κ1) is 26.9. The molecular weight excluding hydrogens is 535 g/mol. The Morgan fingerprint density at radius 3 is 2.86 bits per heavy atom. The van der Waals surface area contributed by atoms with Gasteiger partial charge >= 0.3 is 13.7 Å². The van der Waals surface area contributed by atoms with Crippen molar-refractivity contribution in [1.82, 2.24) is 24.6 Å². The average Bonchev–Trinajstić information content (AvgIpc) is 3.52. The quantitative estimate of drug-likeness (QED) is 0.167. The number of nitrogens with zero attached hydrogens (tertiary/aromatic N) is 3. The molecule has 4 heterocycles. The highest BCUT2D eigenvalue weighted by atomic mass is 33.1. The topological polar surface area (TPSA) is 156 Å². The highest BCUT2D eigenvalue weighted by Crippen LogP contribution is 2.49. The number of nitrogens with two attached hydrogens (primary N) is 1. The van der Waals surface area contributed by atoms with E-state index in [2.05, 4.69) is 20.0 Å². The number of hydrogen-bond acceptors (Lipinski definition) is 12. The zero-order chi connectivity index (χ0) is 25.2. The summed E-state index contributed by atoms with van der Waals surface area (Å²) in [5.41, 5.74) is 6.87. The van der Waals surface area contributed by atoms with Crippen molar-refractivity contribution in [3.8, 4) is 0 Å². The van der Waals surface area contributed by atoms with Crippen molar-refractivity contribution in [2.45, 2.75) is 64.2 Å². The number of nitrogens with one attached hydrogen (secondary N) is 2. The van der Waals surface area contributed by atoms with Crippen LogP contribution in [-0.4, -0.2) is 68.0 Å². The molecule has 2 aliphatic rings. The van der Waals surface area contributed by atoms with Crippen LogP contribution in [0.4, 0.5) is 5.95 Å². The molecule has 0 aliphatic carbocycles. The standard InChI is InChI=1S/C19H29N6O6PS3/c1-10(2)29-18(26)11(3)24-32(27,31-13-7-34-35-8-13)28-6-12-4-5-14(30-12)25-9-21-15-16(25)22-19(20)23-17(15)33/h9-14H,4-8H2,1-3H3,(H,24,27)(H3,20,22,23,33)/t11-,12-,14+,32+/m0/s1. The van der Waals surface area contributed by atoms with Crippen molar-refractivity contribution in [2.24, 2.45) is 0 Å². The second-order valence-electron chi connectivity index (χ2n) is 8.49. The second-order valence-corrected chi connectivity index (χ2v) is 13.2. The summed E-state index contributed by atoms with van der Waals surface area (Å²) < 4.78 is 38.7. The molecule has 2 aromatic rings. The lowest BCUT2D eigenvalue weighted by atomic mass is 10.2. The molecule has 16 heteroatoms. The van der Waals surface area contributed by atoms with E-state index in [1.165, 1.54) is 0 Å². The number of fused-ring (bicyclic) bond motifs is 1. The fourth-order valence-electron chi connectivity index (χ4n) is 3.62. The van der Waals surface area contributed by atoms with Crippen LogP contribution < -0.4 is 10.8 Å². The van der Waals surface area contributed by atoms with Gasteiger partial charge in [-0.05, 0) is 33.6 Å². The summed E-state index contributed by atoms with van der Waals surface area (Å²) in [4.78, 5) is 23.7. The van der Waals surface area contributed by atoms with Crippen LogP contribution in [0.15, 0.2) is 6.33 Å². The molecular formula is C19H29N6O6PS3. The number of anilines is 1. The van der Waals surface area contributed by atoms with Crippen LogP contribution in [0.5, 0.6) is 0 Å². The smallest absolute Gasteiger partial charge is 0.406 e. The van der Waals surface area contributed by atoms with E-state index in [9.17, 15) is 9.36 Å². The number of rotatable bonds is 10. The third-order valence-corrected chi connectivity index (χ3v) is 9.78. The van der Waals surface area contributed by atoms with Crippen LogP contribution in [0.1, 0.15) is 39.8 Å². The predicted molar refractivity (Wildman–Crippen MR) is 137 cm³/mol. The molecule has 0 amide bonds. The Morgan fingerprint density at radius 2 is 2.14 bits per heavy atom. The van der Waals surface area contributed by atoms with Crippen molar-refractivity contribution in [1.29, 1.82) is 0 Å². The van der Waals surface area contributed by atoms with Crippen molar-refractivity contribution in [3.63, 3.8) is 0 Å². The molecule has 0 bridgehead atoms. The van der Waals surface area contributed by atoms with E-state index in [1.54, 1.807) is 53.3 Å². The fourth-order valence-corrected chi connectivity index (χ4v) is 8.26. The van der Waals surface area contributed by atoms with Gasteiger partial charge < -0.3 is 20.2 Å². The molecule has 4 atom stereocenters. The molecule has 194 valence electrons. The van der Waals surface area contributed by atoms with Gasteiger partial charge in [0.2, 0.25) is 5.95 Å². The highest BCUT2D eigenvalue weighted by molar-refractivity contribution is 8.77. The van der Waals surface area contributed by atoms with E-state index in [0.717, 1.165) is 0 Å². The van der Waals surface area contributed by atoms with Gasteiger partial charge in [0.1, 0.15) is 22.4 Å². The number of hydrogen-bond donors (Lipinski definition) is 3. The van der Waals surface area contributed by atoms with Gasteiger partial charge in [-0.3, -0.25) is 18.4 Å². The van der Waals surface area contributed by atoms with E-state index in [1.807, 2.05) is 0 Å². The number of ether oxygens (including phenoxy) is 2. The molecule has 2 fully saturated rings. The predicted octanol–water partition coefficient (Wildman–Crippen LogP) is 3.58. The van der Waals surface area contributed by atoms with Crippen LogP contribution in [0.3, 0.4) is 0 Å². The van der Waals surface area contributed by atoms with Crippen molar-refractivity contribution < 1.29 is 27.9 Å². The van der Waals surface area contributed by atoms with E-state index >= 15 is 0 Å². The van der Waals surface area contributed by atoms with Crippen LogP contribution in [-0.2, 0) is 27.9 Å². The van der Waals surface area contributed by atoms with E-state index in [0.29, 0.717) is 40.2 Å². The van der Waals surface area contributed by atoms with Gasteiger partial charge in [-0.2, -0.15) is 4.98 Å². The number of aromatic amines is 1. The largest absolute Gasteiger partial charge is 0.462 e. The molecule has 35 heavy (non-hydrogen) atoms. The van der Waals surface area contributed by atoms with Gasteiger partial charge in [0, 0.05) is 11.5 Å². The number of carbonyl (C=O) groups excluding carboxylic acids is 1. The first-order valence-corrected chi connectivity index (χ1v) is 15.6. The van der Waals surface area contributed by atoms with E-state index < -0.39 is 19.8 Å². The monoisotopic (exact) mass is 564 g/mol. The average molecular weight is 565 g/mol. The molecule has 12 nitrogen and oxygen atoms in total. The number of aromatic nitrogens is 4. The Balaban J connectivity index is 1.41. The summed E-state index contributed by atoms with van der Waals surface area (Å²) >= 11 is 5.27. The molecule has 2 saturated heterocycles. The molecule has 4 rings (SSSR count). The second kappa shape index (κ2) is 11.5. The lowest BCUT2D eigenvalue weighted by Crippen LogP contribution is -2.37. The van der Waals surface area contributed by atoms with Crippen LogP contribution in [0, 0.1) is 4.64 Å². The van der Waals surface area contributed by atoms with E-state index in [4.69, 9.17) is 36.5 Å². The first-order valence-electron chi connectivity index (χ1n) is 11.2. The molecule has 0 saturated carbocycles. The third-order valence-electron chi connectivity index (χ3n) is 5.21. The Hall–Kier alpha value is -1.19. The van der Waals surface area contributed by atoms with Gasteiger partial charge in [-0.1, -0.05) is 33.8 Å². The number of imidazole rings is 1. The van der Waals surface area contributed by atoms with Crippen molar-refractivity contribution >= 4 is 64.6 Å². The summed E-state index contributed by atoms with van der Waals surface area (Å²) in [7, 11) is -0.551. The Kier molecular flexibility index (Phi) is 8.80. The molecule has 0 spiro atoms. The molecule has 4 N–H and O–H groups in total. The maximum Gasteiger partial charge on any atom is 0.406 e. The number of nitrogen functional groups attached to an aromatic ring is 1. The van der Waals surface area contributed by atoms with Crippen LogP contribution in [0.2, 0.25) is 0 Å². The van der Waals surface area contributed by atoms with Gasteiger partial charge in [-0.15, -0.1) is 0 Å². The number of esters is 1. The molecule has 2 aliphatic heterocycles. The Bertz CT molecular complexity index is 1160. The molecule has 0 unspecified atom stereocenters. The zero-order valence-corrected chi connectivity index (χ0v) is 22.9. The number of carbonyl (C=O) groups is 1.